The minimum atomic E-state index is 0.00973. The topological polar surface area (TPSA) is 89.4 Å². The molecule has 2 aliphatic rings. The van der Waals surface area contributed by atoms with Crippen LogP contribution in [0.25, 0.3) is 5.69 Å². The minimum Gasteiger partial charge on any atom is -0.381 e. The Balaban J connectivity index is 1.27. The molecule has 5 rings (SSSR count). The van der Waals surface area contributed by atoms with Crippen LogP contribution in [0.1, 0.15) is 57.0 Å². The molecule has 188 valence electrons. The second-order valence-corrected chi connectivity index (χ2v) is 9.79. The van der Waals surface area contributed by atoms with E-state index in [2.05, 4.69) is 15.4 Å². The van der Waals surface area contributed by atoms with E-state index in [-0.39, 0.29) is 17.7 Å². The van der Waals surface area contributed by atoms with E-state index in [1.807, 2.05) is 66.9 Å². The zero-order valence-electron chi connectivity index (χ0n) is 21.2. The van der Waals surface area contributed by atoms with Gasteiger partial charge in [-0.05, 0) is 87.1 Å². The summed E-state index contributed by atoms with van der Waals surface area (Å²) in [4.78, 5) is 32.4. The number of nitrogens with one attached hydrogen (secondary N) is 1. The van der Waals surface area contributed by atoms with Gasteiger partial charge in [0.1, 0.15) is 0 Å². The van der Waals surface area contributed by atoms with E-state index in [1.54, 1.807) is 0 Å². The molecule has 0 atom stereocenters. The molecule has 0 spiro atoms. The molecule has 0 unspecified atom stereocenters. The third kappa shape index (κ3) is 4.91. The van der Waals surface area contributed by atoms with Gasteiger partial charge in [-0.25, -0.2) is 4.68 Å². The lowest BCUT2D eigenvalue weighted by Gasteiger charge is -2.31. The van der Waals surface area contributed by atoms with E-state index >= 15 is 0 Å². The van der Waals surface area contributed by atoms with Gasteiger partial charge >= 0.3 is 0 Å². The number of carbonyl (C=O) groups excluding carboxylic acids is 2. The van der Waals surface area contributed by atoms with E-state index < -0.39 is 0 Å². The number of hydrogen-bond donors (Lipinski definition) is 1. The maximum atomic E-state index is 13.3. The summed E-state index contributed by atoms with van der Waals surface area (Å²) < 4.78 is 7.26. The van der Waals surface area contributed by atoms with Gasteiger partial charge < -0.3 is 15.0 Å². The fourth-order valence-electron chi connectivity index (χ4n) is 5.23. The monoisotopic (exact) mass is 487 g/mol. The van der Waals surface area contributed by atoms with E-state index in [9.17, 15) is 9.59 Å². The number of nitrogens with zero attached hydrogens (tertiary/aromatic N) is 4. The number of carbonyl (C=O) groups is 2. The Hall–Kier alpha value is -3.52. The van der Waals surface area contributed by atoms with Gasteiger partial charge in [0, 0.05) is 61.9 Å². The lowest BCUT2D eigenvalue weighted by molar-refractivity contribution is -0.128. The number of pyridine rings is 1. The highest BCUT2D eigenvalue weighted by molar-refractivity contribution is 5.94. The summed E-state index contributed by atoms with van der Waals surface area (Å²) in [5, 5.41) is 7.64. The Bertz CT molecular complexity index is 1280. The first kappa shape index (κ1) is 24.2. The maximum Gasteiger partial charge on any atom is 0.254 e. The average Bonchev–Trinajstić information content (AvgIpc) is 3.25. The van der Waals surface area contributed by atoms with Gasteiger partial charge in [0.05, 0.1) is 11.4 Å². The third-order valence-corrected chi connectivity index (χ3v) is 7.28. The second-order valence-electron chi connectivity index (χ2n) is 9.79. The summed E-state index contributed by atoms with van der Waals surface area (Å²) in [7, 11) is 0. The lowest BCUT2D eigenvalue weighted by atomic mass is 9.94. The number of aromatic nitrogens is 3. The molecule has 1 saturated heterocycles. The van der Waals surface area contributed by atoms with Gasteiger partial charge in [0.25, 0.3) is 5.91 Å². The molecular weight excluding hydrogens is 454 g/mol. The number of fused-ring (bicyclic) bond motifs is 1. The summed E-state index contributed by atoms with van der Waals surface area (Å²) >= 11 is 0. The first-order valence-corrected chi connectivity index (χ1v) is 12.7. The van der Waals surface area contributed by atoms with Crippen molar-refractivity contribution in [3.63, 3.8) is 0 Å². The molecule has 2 aliphatic heterocycles. The van der Waals surface area contributed by atoms with Gasteiger partial charge in [0.15, 0.2) is 0 Å². The molecule has 3 aromatic rings. The highest BCUT2D eigenvalue weighted by Gasteiger charge is 2.26. The molecule has 8 nitrogen and oxygen atoms in total. The van der Waals surface area contributed by atoms with E-state index in [4.69, 9.17) is 4.74 Å². The van der Waals surface area contributed by atoms with Crippen molar-refractivity contribution in [2.24, 2.45) is 5.92 Å². The van der Waals surface area contributed by atoms with Gasteiger partial charge in [-0.15, -0.1) is 0 Å². The van der Waals surface area contributed by atoms with Crippen LogP contribution in [0.4, 0.5) is 0 Å². The zero-order valence-corrected chi connectivity index (χ0v) is 21.2. The molecule has 36 heavy (non-hydrogen) atoms. The van der Waals surface area contributed by atoms with Crippen LogP contribution < -0.4 is 5.32 Å². The highest BCUT2D eigenvalue weighted by atomic mass is 16.5. The summed E-state index contributed by atoms with van der Waals surface area (Å²) in [5.74, 6) is 0.120. The average molecular weight is 488 g/mol. The Morgan fingerprint density at radius 1 is 1.11 bits per heavy atom. The van der Waals surface area contributed by atoms with Crippen molar-refractivity contribution in [3.05, 3.63) is 75.9 Å². The summed E-state index contributed by atoms with van der Waals surface area (Å²) in [6, 6.07) is 9.65. The molecule has 1 aromatic carbocycles. The van der Waals surface area contributed by atoms with Gasteiger partial charge in [0.2, 0.25) is 5.91 Å². The van der Waals surface area contributed by atoms with Crippen molar-refractivity contribution < 1.29 is 14.3 Å². The fraction of sp³-hybridized carbons (Fsp3) is 0.429. The molecule has 0 radical (unpaired) electrons. The Morgan fingerprint density at radius 3 is 2.56 bits per heavy atom. The van der Waals surface area contributed by atoms with Gasteiger partial charge in [-0.2, -0.15) is 5.10 Å². The summed E-state index contributed by atoms with van der Waals surface area (Å²) in [6.07, 6.45) is 4.17. The van der Waals surface area contributed by atoms with Crippen molar-refractivity contribution in [2.75, 3.05) is 19.8 Å². The first-order chi connectivity index (χ1) is 17.4. The number of ether oxygens (including phenoxy) is 1. The van der Waals surface area contributed by atoms with Crippen molar-refractivity contribution >= 4 is 11.8 Å². The molecule has 2 aromatic heterocycles. The quantitative estimate of drug-likeness (QED) is 0.596. The van der Waals surface area contributed by atoms with Crippen LogP contribution in [0.3, 0.4) is 0 Å². The number of benzene rings is 1. The molecular formula is C28H33N5O3. The predicted molar refractivity (Wildman–Crippen MR) is 136 cm³/mol. The van der Waals surface area contributed by atoms with E-state index in [0.29, 0.717) is 38.4 Å². The number of rotatable bonds is 5. The molecule has 4 heterocycles. The van der Waals surface area contributed by atoms with E-state index in [1.165, 1.54) is 5.56 Å². The third-order valence-electron chi connectivity index (χ3n) is 7.28. The van der Waals surface area contributed by atoms with Crippen LogP contribution in [0.5, 0.6) is 0 Å². The molecule has 0 saturated carbocycles. The van der Waals surface area contributed by atoms with Crippen molar-refractivity contribution in [2.45, 2.75) is 53.1 Å². The van der Waals surface area contributed by atoms with Crippen molar-refractivity contribution in [3.8, 4) is 5.69 Å². The normalized spacial score (nSPS) is 16.0. The van der Waals surface area contributed by atoms with Gasteiger partial charge in [-0.1, -0.05) is 0 Å². The minimum absolute atomic E-state index is 0.00973. The smallest absolute Gasteiger partial charge is 0.254 e. The summed E-state index contributed by atoms with van der Waals surface area (Å²) in [5.41, 5.74) is 7.89. The fourth-order valence-corrected chi connectivity index (χ4v) is 5.23. The van der Waals surface area contributed by atoms with Crippen LogP contribution in [0.2, 0.25) is 0 Å². The van der Waals surface area contributed by atoms with Gasteiger partial charge in [-0.3, -0.25) is 14.6 Å². The molecule has 2 amide bonds. The van der Waals surface area contributed by atoms with Crippen LogP contribution in [0.15, 0.2) is 36.5 Å². The standard InChI is InChI=1S/C28H33N5O3/c1-18-14-19(2)33(31-18)24-6-4-22(5-7-24)28(35)32-11-8-25-23(17-32)15-29-20(3)26(25)16-30-27(34)21-9-12-36-13-10-21/h4-7,14-15,21H,8-13,16-17H2,1-3H3,(H,30,34). The Morgan fingerprint density at radius 2 is 1.86 bits per heavy atom. The number of hydrogen-bond acceptors (Lipinski definition) is 5. The Kier molecular flexibility index (Phi) is 6.87. The molecule has 8 heteroatoms. The molecule has 0 aliphatic carbocycles. The SMILES string of the molecule is Cc1cc(C)n(-c2ccc(C(=O)N3CCc4c(cnc(C)c4CNC(=O)C4CCOCC4)C3)cc2)n1. The maximum absolute atomic E-state index is 13.3. The molecule has 1 N–H and O–H groups in total. The highest BCUT2D eigenvalue weighted by Crippen LogP contribution is 2.26. The zero-order chi connectivity index (χ0) is 25.2. The van der Waals surface area contributed by atoms with Crippen LogP contribution in [0, 0.1) is 26.7 Å². The second kappa shape index (κ2) is 10.2. The molecule has 0 bridgehead atoms. The predicted octanol–water partition coefficient (Wildman–Crippen LogP) is 3.43. The van der Waals surface area contributed by atoms with Crippen molar-refractivity contribution in [1.82, 2.24) is 25.0 Å². The number of amides is 2. The Labute approximate surface area is 211 Å². The molecule has 1 fully saturated rings. The largest absolute Gasteiger partial charge is 0.381 e. The van der Waals surface area contributed by atoms with Crippen LogP contribution >= 0.6 is 0 Å². The lowest BCUT2D eigenvalue weighted by Crippen LogP contribution is -2.38. The first-order valence-electron chi connectivity index (χ1n) is 12.7. The van der Waals surface area contributed by atoms with Crippen molar-refractivity contribution in [1.29, 1.82) is 0 Å². The van der Waals surface area contributed by atoms with E-state index in [0.717, 1.165) is 53.2 Å². The number of aryl methyl sites for hydroxylation is 3. The summed E-state index contributed by atoms with van der Waals surface area (Å²) in [6.45, 7) is 8.89. The van der Waals surface area contributed by atoms with Crippen LogP contribution in [-0.2, 0) is 29.0 Å². The van der Waals surface area contributed by atoms with Crippen LogP contribution in [-0.4, -0.2) is 51.2 Å².